The predicted octanol–water partition coefficient (Wildman–Crippen LogP) is 3.55. The van der Waals surface area contributed by atoms with Crippen molar-refractivity contribution in [3.05, 3.63) is 53.0 Å². The summed E-state index contributed by atoms with van der Waals surface area (Å²) in [5.74, 6) is 0.165. The lowest BCUT2D eigenvalue weighted by Gasteiger charge is -2.17. The fraction of sp³-hybridized carbons (Fsp3) is 0.300. The van der Waals surface area contributed by atoms with Crippen LogP contribution in [0.15, 0.2) is 41.2 Å². The van der Waals surface area contributed by atoms with Gasteiger partial charge in [0, 0.05) is 31.8 Å². The Hall–Kier alpha value is -3.13. The van der Waals surface area contributed by atoms with Gasteiger partial charge in [-0.1, -0.05) is 35.0 Å². The Bertz CT molecular complexity index is 1070. The molecule has 0 radical (unpaired) electrons. The van der Waals surface area contributed by atoms with Gasteiger partial charge < -0.3 is 14.7 Å². The van der Waals surface area contributed by atoms with Crippen LogP contribution in [0.4, 0.5) is 5.69 Å². The topological polar surface area (TPSA) is 93.3 Å². The Balaban J connectivity index is 1.55. The first kappa shape index (κ1) is 19.2. The molecule has 29 heavy (non-hydrogen) atoms. The van der Waals surface area contributed by atoms with Gasteiger partial charge in [-0.3, -0.25) is 14.3 Å². The zero-order valence-corrected chi connectivity index (χ0v) is 16.8. The molecule has 8 nitrogen and oxygen atoms in total. The maximum absolute atomic E-state index is 13.3. The third-order valence-corrected chi connectivity index (χ3v) is 5.28. The molecular formula is C20H20ClN5O3. The van der Waals surface area contributed by atoms with Crippen molar-refractivity contribution in [3.63, 3.8) is 0 Å². The van der Waals surface area contributed by atoms with Crippen LogP contribution in [0.2, 0.25) is 5.02 Å². The third-order valence-electron chi connectivity index (χ3n) is 4.95. The predicted molar refractivity (Wildman–Crippen MR) is 108 cm³/mol. The van der Waals surface area contributed by atoms with E-state index in [-0.39, 0.29) is 17.9 Å². The van der Waals surface area contributed by atoms with Crippen molar-refractivity contribution in [2.45, 2.75) is 26.3 Å². The lowest BCUT2D eigenvalue weighted by molar-refractivity contribution is -0.114. The first-order valence-electron chi connectivity index (χ1n) is 9.26. The summed E-state index contributed by atoms with van der Waals surface area (Å²) in [5, 5.41) is 11.6. The second-order valence-electron chi connectivity index (χ2n) is 7.03. The van der Waals surface area contributed by atoms with Crippen LogP contribution in [0.3, 0.4) is 0 Å². The van der Waals surface area contributed by atoms with E-state index in [4.69, 9.17) is 16.1 Å². The number of rotatable bonds is 4. The van der Waals surface area contributed by atoms with Crippen LogP contribution in [0.5, 0.6) is 0 Å². The lowest BCUT2D eigenvalue weighted by Crippen LogP contribution is -2.29. The number of hydrogen-bond donors (Lipinski definition) is 1. The van der Waals surface area contributed by atoms with Crippen LogP contribution in [-0.4, -0.2) is 44.7 Å². The molecular weight excluding hydrogens is 394 g/mol. The molecule has 1 unspecified atom stereocenters. The summed E-state index contributed by atoms with van der Waals surface area (Å²) < 4.78 is 7.11. The van der Waals surface area contributed by atoms with Crippen molar-refractivity contribution in [1.29, 1.82) is 0 Å². The number of nitrogens with zero attached hydrogens (tertiary/aromatic N) is 4. The molecule has 1 saturated heterocycles. The van der Waals surface area contributed by atoms with E-state index in [2.05, 4.69) is 15.6 Å². The minimum atomic E-state index is -0.150. The average molecular weight is 414 g/mol. The van der Waals surface area contributed by atoms with E-state index in [1.165, 1.54) is 6.92 Å². The highest BCUT2D eigenvalue weighted by molar-refractivity contribution is 6.33. The Morgan fingerprint density at radius 3 is 2.86 bits per heavy atom. The molecule has 1 N–H and O–H groups in total. The van der Waals surface area contributed by atoms with E-state index in [0.29, 0.717) is 46.4 Å². The SMILES string of the molecule is CC(=O)Nc1cnn(C2CCN(C(=O)c3c(-c4ccccc4Cl)noc3C)C2)c1. The highest BCUT2D eigenvalue weighted by Crippen LogP contribution is 2.33. The summed E-state index contributed by atoms with van der Waals surface area (Å²) in [4.78, 5) is 26.2. The quantitative estimate of drug-likeness (QED) is 0.706. The van der Waals surface area contributed by atoms with E-state index in [1.807, 2.05) is 18.2 Å². The van der Waals surface area contributed by atoms with Gasteiger partial charge in [0.05, 0.1) is 22.9 Å². The van der Waals surface area contributed by atoms with Crippen molar-refractivity contribution in [2.75, 3.05) is 18.4 Å². The van der Waals surface area contributed by atoms with E-state index in [1.54, 1.807) is 35.0 Å². The summed E-state index contributed by atoms with van der Waals surface area (Å²) in [6.07, 6.45) is 4.14. The maximum atomic E-state index is 13.3. The van der Waals surface area contributed by atoms with Gasteiger partial charge in [-0.05, 0) is 19.4 Å². The third kappa shape index (κ3) is 3.75. The zero-order chi connectivity index (χ0) is 20.5. The standard InChI is InChI=1S/C20H20ClN5O3/c1-12-18(19(24-29-12)16-5-3-4-6-17(16)21)20(28)25-8-7-15(11-25)26-10-14(9-22-26)23-13(2)27/h3-6,9-10,15H,7-8,11H2,1-2H3,(H,23,27). The summed E-state index contributed by atoms with van der Waals surface area (Å²) in [6.45, 7) is 4.27. The molecule has 150 valence electrons. The highest BCUT2D eigenvalue weighted by atomic mass is 35.5. The second-order valence-corrected chi connectivity index (χ2v) is 7.43. The van der Waals surface area contributed by atoms with Crippen LogP contribution in [0.25, 0.3) is 11.3 Å². The number of amides is 2. The first-order chi connectivity index (χ1) is 13.9. The van der Waals surface area contributed by atoms with Gasteiger partial charge in [-0.25, -0.2) is 0 Å². The van der Waals surface area contributed by atoms with Gasteiger partial charge in [-0.2, -0.15) is 5.10 Å². The molecule has 3 aromatic rings. The Morgan fingerprint density at radius 1 is 1.31 bits per heavy atom. The molecule has 2 aromatic heterocycles. The van der Waals surface area contributed by atoms with Gasteiger partial charge in [0.25, 0.3) is 5.91 Å². The van der Waals surface area contributed by atoms with Crippen LogP contribution in [0, 0.1) is 6.92 Å². The van der Waals surface area contributed by atoms with Crippen molar-refractivity contribution >= 4 is 29.1 Å². The zero-order valence-electron chi connectivity index (χ0n) is 16.1. The summed E-state index contributed by atoms with van der Waals surface area (Å²) in [6, 6.07) is 7.27. The molecule has 0 aliphatic carbocycles. The summed E-state index contributed by atoms with van der Waals surface area (Å²) >= 11 is 6.30. The summed E-state index contributed by atoms with van der Waals surface area (Å²) in [5.41, 5.74) is 2.18. The van der Waals surface area contributed by atoms with E-state index in [0.717, 1.165) is 6.42 Å². The minimum Gasteiger partial charge on any atom is -0.360 e. The normalized spacial score (nSPS) is 16.2. The highest BCUT2D eigenvalue weighted by Gasteiger charge is 2.33. The number of aromatic nitrogens is 3. The van der Waals surface area contributed by atoms with Crippen molar-refractivity contribution in [2.24, 2.45) is 0 Å². The monoisotopic (exact) mass is 413 g/mol. The van der Waals surface area contributed by atoms with Crippen molar-refractivity contribution in [3.8, 4) is 11.3 Å². The number of halogens is 1. The molecule has 0 spiro atoms. The number of hydrogen-bond acceptors (Lipinski definition) is 5. The summed E-state index contributed by atoms with van der Waals surface area (Å²) in [7, 11) is 0. The van der Waals surface area contributed by atoms with Gasteiger partial charge in [0.2, 0.25) is 5.91 Å². The number of anilines is 1. The van der Waals surface area contributed by atoms with Crippen LogP contribution in [-0.2, 0) is 4.79 Å². The van der Waals surface area contributed by atoms with Crippen LogP contribution < -0.4 is 5.32 Å². The fourth-order valence-corrected chi connectivity index (χ4v) is 3.79. The molecule has 1 fully saturated rings. The Labute approximate surface area is 172 Å². The van der Waals surface area contributed by atoms with Crippen LogP contribution in [0.1, 0.15) is 35.5 Å². The molecule has 0 bridgehead atoms. The fourth-order valence-electron chi connectivity index (χ4n) is 3.57. The smallest absolute Gasteiger partial charge is 0.259 e. The number of carbonyl (C=O) groups excluding carboxylic acids is 2. The average Bonchev–Trinajstić information content (AvgIpc) is 3.41. The molecule has 4 rings (SSSR count). The molecule has 1 aliphatic heterocycles. The van der Waals surface area contributed by atoms with Crippen LogP contribution >= 0.6 is 11.6 Å². The molecule has 2 amide bonds. The molecule has 1 aliphatic rings. The van der Waals surface area contributed by atoms with E-state index < -0.39 is 0 Å². The van der Waals surface area contributed by atoms with Gasteiger partial charge in [0.1, 0.15) is 17.0 Å². The van der Waals surface area contributed by atoms with Gasteiger partial charge in [0.15, 0.2) is 0 Å². The van der Waals surface area contributed by atoms with E-state index in [9.17, 15) is 9.59 Å². The largest absolute Gasteiger partial charge is 0.360 e. The number of aryl methyl sites for hydroxylation is 1. The van der Waals surface area contributed by atoms with Gasteiger partial charge in [-0.15, -0.1) is 0 Å². The number of carbonyl (C=O) groups is 2. The number of nitrogens with one attached hydrogen (secondary N) is 1. The molecule has 3 heterocycles. The van der Waals surface area contributed by atoms with Gasteiger partial charge >= 0.3 is 0 Å². The molecule has 1 atom stereocenters. The molecule has 9 heteroatoms. The number of benzene rings is 1. The first-order valence-corrected chi connectivity index (χ1v) is 9.64. The Morgan fingerprint density at radius 2 is 2.10 bits per heavy atom. The second kappa shape index (κ2) is 7.71. The minimum absolute atomic E-state index is 0.0328. The Kier molecular flexibility index (Phi) is 5.10. The molecule has 0 saturated carbocycles. The molecule has 1 aromatic carbocycles. The van der Waals surface area contributed by atoms with E-state index >= 15 is 0 Å². The number of likely N-dealkylation sites (tertiary alicyclic amines) is 1. The maximum Gasteiger partial charge on any atom is 0.259 e. The van der Waals surface area contributed by atoms with Crippen molar-refractivity contribution < 1.29 is 14.1 Å². The van der Waals surface area contributed by atoms with Crippen molar-refractivity contribution in [1.82, 2.24) is 19.8 Å². The lowest BCUT2D eigenvalue weighted by atomic mass is 10.1.